The van der Waals surface area contributed by atoms with Gasteiger partial charge in [-0.1, -0.05) is 40.9 Å². The normalized spacial score (nSPS) is 20.3. The van der Waals surface area contributed by atoms with Crippen LogP contribution in [0, 0.1) is 18.8 Å². The number of likely N-dealkylation sites (tertiary alicyclic amines) is 1. The van der Waals surface area contributed by atoms with Crippen molar-refractivity contribution in [1.82, 2.24) is 14.9 Å². The summed E-state index contributed by atoms with van der Waals surface area (Å²) >= 11 is 19.2. The number of nitrogens with one attached hydrogen (secondary N) is 1. The molecule has 4 heterocycles. The number of hydrogen-bond acceptors (Lipinski definition) is 7. The lowest BCUT2D eigenvalue weighted by molar-refractivity contribution is 0.100. The highest BCUT2D eigenvalue weighted by molar-refractivity contribution is 6.35. The van der Waals surface area contributed by atoms with Gasteiger partial charge < -0.3 is 24.6 Å². The van der Waals surface area contributed by atoms with E-state index in [1.54, 1.807) is 6.07 Å². The number of aliphatic hydroxyl groups is 1. The third-order valence-corrected chi connectivity index (χ3v) is 8.26. The minimum Gasteiger partial charge on any atom is -0.419 e. The van der Waals surface area contributed by atoms with Crippen LogP contribution in [-0.2, 0) is 0 Å². The molecule has 2 atom stereocenters. The first-order valence-electron chi connectivity index (χ1n) is 12.1. The topological polar surface area (TPSA) is 77.7 Å². The molecule has 0 radical (unpaired) electrons. The maximum atomic E-state index is 9.28. The number of oxazole rings is 1. The van der Waals surface area contributed by atoms with Crippen LogP contribution in [-0.4, -0.2) is 59.3 Å². The molecular formula is C25H30Cl3N5O2. The molecule has 10 heteroatoms. The van der Waals surface area contributed by atoms with Crippen LogP contribution >= 0.6 is 34.8 Å². The van der Waals surface area contributed by atoms with Crippen LogP contribution in [0.3, 0.4) is 0 Å². The number of aliphatic hydroxyl groups excluding tert-OH is 1. The van der Waals surface area contributed by atoms with Gasteiger partial charge in [-0.05, 0) is 62.8 Å². The van der Waals surface area contributed by atoms with Crippen LogP contribution < -0.4 is 10.2 Å². The number of benzene rings is 1. The zero-order chi connectivity index (χ0) is 24.7. The third kappa shape index (κ3) is 5.07. The van der Waals surface area contributed by atoms with Crippen molar-refractivity contribution in [2.45, 2.75) is 32.7 Å². The van der Waals surface area contributed by atoms with Gasteiger partial charge in [-0.2, -0.15) is 4.98 Å². The molecular weight excluding hydrogens is 509 g/mol. The van der Waals surface area contributed by atoms with Crippen LogP contribution in [0.15, 0.2) is 22.6 Å². The number of hydrogen-bond donors (Lipinski definition) is 2. The van der Waals surface area contributed by atoms with E-state index in [-0.39, 0.29) is 12.6 Å². The van der Waals surface area contributed by atoms with Gasteiger partial charge in [0, 0.05) is 36.2 Å². The Kier molecular flexibility index (Phi) is 7.33. The Morgan fingerprint density at radius 3 is 2.71 bits per heavy atom. The second-order valence-corrected chi connectivity index (χ2v) is 10.9. The summed E-state index contributed by atoms with van der Waals surface area (Å²) in [6.45, 7) is 8.83. The quantitative estimate of drug-likeness (QED) is 0.393. The van der Waals surface area contributed by atoms with E-state index in [0.29, 0.717) is 55.5 Å². The monoisotopic (exact) mass is 537 g/mol. The molecule has 2 aliphatic heterocycles. The molecule has 2 saturated heterocycles. The standard InChI is InChI=1S/C25H30Cl3N5O2/c1-14(19-6-5-18(26)10-20(19)27)29-22-21(28)15(2)30-24-23(22)35-25(31-24)33-12-17(13-33)16-4-3-7-32(11-16)8-9-34/h5-6,10,14,16-17,34H,3-4,7-9,11-13H2,1-2H3,(H,29,30)/t14-,16+/m1/s1. The van der Waals surface area contributed by atoms with Crippen LogP contribution in [0.1, 0.15) is 37.1 Å². The smallest absolute Gasteiger partial charge is 0.300 e. The van der Waals surface area contributed by atoms with Gasteiger partial charge in [0.05, 0.1) is 23.4 Å². The zero-order valence-electron chi connectivity index (χ0n) is 19.9. The van der Waals surface area contributed by atoms with E-state index in [0.717, 1.165) is 38.3 Å². The average molecular weight is 539 g/mol. The van der Waals surface area contributed by atoms with Gasteiger partial charge in [0.15, 0.2) is 5.58 Å². The minimum absolute atomic E-state index is 0.141. The fourth-order valence-corrected chi connectivity index (χ4v) is 5.98. The maximum Gasteiger partial charge on any atom is 0.300 e. The van der Waals surface area contributed by atoms with Gasteiger partial charge in [0.2, 0.25) is 5.65 Å². The second kappa shape index (κ2) is 10.3. The molecule has 3 aromatic rings. The van der Waals surface area contributed by atoms with E-state index >= 15 is 0 Å². The SMILES string of the molecule is Cc1nc2nc(N3CC([C@H]4CCCN(CCO)C4)C3)oc2c(N[C@H](C)c2ccc(Cl)cc2Cl)c1Cl. The molecule has 0 saturated carbocycles. The molecule has 188 valence electrons. The Bertz CT molecular complexity index is 1210. The van der Waals surface area contributed by atoms with Crippen LogP contribution in [0.5, 0.6) is 0 Å². The minimum atomic E-state index is -0.141. The van der Waals surface area contributed by atoms with Crippen molar-refractivity contribution in [2.24, 2.45) is 11.8 Å². The number of rotatable bonds is 7. The number of anilines is 2. The van der Waals surface area contributed by atoms with Crippen molar-refractivity contribution in [3.05, 3.63) is 44.5 Å². The predicted molar refractivity (Wildman–Crippen MR) is 142 cm³/mol. The van der Waals surface area contributed by atoms with E-state index in [1.807, 2.05) is 26.0 Å². The number of β-amino-alcohol motifs (C(OH)–C–C–N with tert-alkyl or cyclic N) is 1. The predicted octanol–water partition coefficient (Wildman–Crippen LogP) is 5.81. The molecule has 0 amide bonds. The number of aryl methyl sites for hydroxylation is 1. The van der Waals surface area contributed by atoms with Crippen LogP contribution in [0.25, 0.3) is 11.2 Å². The lowest BCUT2D eigenvalue weighted by atomic mass is 9.81. The number of aromatic nitrogens is 2. The Morgan fingerprint density at radius 1 is 1.17 bits per heavy atom. The van der Waals surface area contributed by atoms with Crippen molar-refractivity contribution in [1.29, 1.82) is 0 Å². The lowest BCUT2D eigenvalue weighted by Crippen LogP contribution is -2.53. The molecule has 2 fully saturated rings. The Balaban J connectivity index is 1.34. The maximum absolute atomic E-state index is 9.28. The van der Waals surface area contributed by atoms with Gasteiger partial charge >= 0.3 is 0 Å². The molecule has 0 bridgehead atoms. The molecule has 5 rings (SSSR count). The molecule has 2 aromatic heterocycles. The molecule has 7 nitrogen and oxygen atoms in total. The first-order valence-corrected chi connectivity index (χ1v) is 13.2. The van der Waals surface area contributed by atoms with Gasteiger partial charge in [0.1, 0.15) is 5.69 Å². The van der Waals surface area contributed by atoms with Gasteiger partial charge in [-0.15, -0.1) is 0 Å². The highest BCUT2D eigenvalue weighted by Crippen LogP contribution is 2.40. The summed E-state index contributed by atoms with van der Waals surface area (Å²) in [5.41, 5.74) is 3.33. The number of halogens is 3. The number of fused-ring (bicyclic) bond motifs is 1. The number of piperidine rings is 1. The molecule has 35 heavy (non-hydrogen) atoms. The summed E-state index contributed by atoms with van der Waals surface area (Å²) in [5.74, 6) is 1.25. The Labute approximate surface area is 220 Å². The van der Waals surface area contributed by atoms with E-state index in [1.165, 1.54) is 12.8 Å². The van der Waals surface area contributed by atoms with Crippen molar-refractivity contribution in [2.75, 3.05) is 49.5 Å². The first-order chi connectivity index (χ1) is 16.8. The van der Waals surface area contributed by atoms with Crippen LogP contribution in [0.4, 0.5) is 11.7 Å². The van der Waals surface area contributed by atoms with E-state index in [9.17, 15) is 5.11 Å². The van der Waals surface area contributed by atoms with Gasteiger partial charge in [0.25, 0.3) is 6.01 Å². The third-order valence-electron chi connectivity index (χ3n) is 7.23. The van der Waals surface area contributed by atoms with E-state index in [4.69, 9.17) is 44.2 Å². The summed E-state index contributed by atoms with van der Waals surface area (Å²) in [6.07, 6.45) is 2.43. The number of nitrogens with zero attached hydrogens (tertiary/aromatic N) is 4. The van der Waals surface area contributed by atoms with E-state index < -0.39 is 0 Å². The molecule has 0 unspecified atom stereocenters. The zero-order valence-corrected chi connectivity index (χ0v) is 22.2. The summed E-state index contributed by atoms with van der Waals surface area (Å²) in [4.78, 5) is 13.8. The molecule has 2 N–H and O–H groups in total. The fraction of sp³-hybridized carbons (Fsp3) is 0.520. The van der Waals surface area contributed by atoms with Crippen molar-refractivity contribution < 1.29 is 9.52 Å². The van der Waals surface area contributed by atoms with Crippen LogP contribution in [0.2, 0.25) is 15.1 Å². The summed E-state index contributed by atoms with van der Waals surface area (Å²) in [5, 5.41) is 14.4. The van der Waals surface area contributed by atoms with Crippen molar-refractivity contribution in [3.8, 4) is 0 Å². The number of pyridine rings is 1. The first kappa shape index (κ1) is 24.9. The summed E-state index contributed by atoms with van der Waals surface area (Å²) in [6, 6.07) is 5.89. The summed E-state index contributed by atoms with van der Waals surface area (Å²) < 4.78 is 6.23. The molecule has 0 aliphatic carbocycles. The van der Waals surface area contributed by atoms with E-state index in [2.05, 4.69) is 20.1 Å². The van der Waals surface area contributed by atoms with Gasteiger partial charge in [-0.25, -0.2) is 4.98 Å². The average Bonchev–Trinajstić information content (AvgIpc) is 3.19. The Hall–Kier alpha value is -1.77. The van der Waals surface area contributed by atoms with Gasteiger partial charge in [-0.3, -0.25) is 0 Å². The molecule has 2 aliphatic rings. The molecule has 0 spiro atoms. The lowest BCUT2D eigenvalue weighted by Gasteiger charge is -2.45. The second-order valence-electron chi connectivity index (χ2n) is 9.66. The van der Waals surface area contributed by atoms with Crippen molar-refractivity contribution in [3.63, 3.8) is 0 Å². The largest absolute Gasteiger partial charge is 0.419 e. The molecule has 1 aromatic carbocycles. The Morgan fingerprint density at radius 2 is 1.97 bits per heavy atom. The van der Waals surface area contributed by atoms with Crippen molar-refractivity contribution >= 4 is 57.7 Å². The highest BCUT2D eigenvalue weighted by Gasteiger charge is 2.38. The fourth-order valence-electron chi connectivity index (χ4n) is 5.23. The highest BCUT2D eigenvalue weighted by atomic mass is 35.5. The summed E-state index contributed by atoms with van der Waals surface area (Å²) in [7, 11) is 0.